The van der Waals surface area contributed by atoms with Gasteiger partial charge in [0.05, 0.1) is 5.75 Å². The summed E-state index contributed by atoms with van der Waals surface area (Å²) in [6, 6.07) is 9.54. The van der Waals surface area contributed by atoms with Gasteiger partial charge in [-0.1, -0.05) is 35.1 Å². The van der Waals surface area contributed by atoms with E-state index in [2.05, 4.69) is 9.44 Å². The minimum Gasteiger partial charge on any atom is -0.268 e. The molecule has 0 heterocycles. The normalized spacial score (nSPS) is 12.5. The summed E-state index contributed by atoms with van der Waals surface area (Å²) in [4.78, 5) is 0.987. The van der Waals surface area contributed by atoms with Crippen molar-refractivity contribution in [3.63, 3.8) is 0 Å². The van der Waals surface area contributed by atoms with Crippen molar-refractivity contribution in [2.75, 3.05) is 5.75 Å². The van der Waals surface area contributed by atoms with E-state index in [1.807, 2.05) is 30.3 Å². The molecule has 0 saturated heterocycles. The second-order valence-corrected chi connectivity index (χ2v) is 6.05. The molecule has 6 heteroatoms. The SMILES string of the molecule is CCS(=O)(=O)ON=C(C)Sc1ccccc1. The predicted octanol–water partition coefficient (Wildman–Crippen LogP) is 2.48. The maximum absolute atomic E-state index is 11.0. The Balaban J connectivity index is 2.60. The van der Waals surface area contributed by atoms with Crippen molar-refractivity contribution in [3.8, 4) is 0 Å². The predicted molar refractivity (Wildman–Crippen MR) is 66.0 cm³/mol. The highest BCUT2D eigenvalue weighted by Gasteiger charge is 2.07. The van der Waals surface area contributed by atoms with Gasteiger partial charge in [-0.3, -0.25) is 4.28 Å². The van der Waals surface area contributed by atoms with E-state index in [0.717, 1.165) is 4.90 Å². The van der Waals surface area contributed by atoms with Crippen molar-refractivity contribution in [2.24, 2.45) is 5.16 Å². The maximum atomic E-state index is 11.0. The van der Waals surface area contributed by atoms with Crippen LogP contribution in [0, 0.1) is 0 Å². The van der Waals surface area contributed by atoms with Gasteiger partial charge in [0, 0.05) is 4.90 Å². The van der Waals surface area contributed by atoms with Gasteiger partial charge in [0.25, 0.3) is 0 Å². The van der Waals surface area contributed by atoms with E-state index in [1.165, 1.54) is 18.7 Å². The summed E-state index contributed by atoms with van der Waals surface area (Å²) < 4.78 is 26.5. The minimum absolute atomic E-state index is 0.0835. The van der Waals surface area contributed by atoms with Gasteiger partial charge in [-0.2, -0.15) is 8.42 Å². The number of nitrogens with zero attached hydrogens (tertiary/aromatic N) is 1. The average Bonchev–Trinajstić information content (AvgIpc) is 2.28. The maximum Gasteiger partial charge on any atom is 0.328 e. The van der Waals surface area contributed by atoms with Crippen LogP contribution in [0.2, 0.25) is 0 Å². The molecule has 0 amide bonds. The number of hydrogen-bond acceptors (Lipinski definition) is 5. The molecule has 0 fully saturated rings. The molecule has 0 aromatic heterocycles. The second kappa shape index (κ2) is 5.91. The van der Waals surface area contributed by atoms with Crippen LogP contribution in [-0.4, -0.2) is 19.2 Å². The Hall–Kier alpha value is -1.01. The molecule has 0 spiro atoms. The first kappa shape index (κ1) is 13.1. The first-order valence-corrected chi connectivity index (χ1v) is 7.11. The van der Waals surface area contributed by atoms with Crippen molar-refractivity contribution in [3.05, 3.63) is 30.3 Å². The zero-order valence-corrected chi connectivity index (χ0v) is 10.7. The van der Waals surface area contributed by atoms with Gasteiger partial charge in [-0.15, -0.1) is 0 Å². The molecule has 0 bridgehead atoms. The van der Waals surface area contributed by atoms with Crippen molar-refractivity contribution < 1.29 is 12.7 Å². The lowest BCUT2D eigenvalue weighted by Crippen LogP contribution is -2.04. The van der Waals surface area contributed by atoms with Crippen LogP contribution in [0.4, 0.5) is 0 Å². The second-order valence-electron chi connectivity index (χ2n) is 2.95. The number of benzene rings is 1. The Morgan fingerprint density at radius 2 is 2.00 bits per heavy atom. The minimum atomic E-state index is -3.51. The quantitative estimate of drug-likeness (QED) is 0.361. The molecule has 0 unspecified atom stereocenters. The Morgan fingerprint density at radius 3 is 2.56 bits per heavy atom. The molecular weight excluding hydrogens is 246 g/mol. The van der Waals surface area contributed by atoms with E-state index < -0.39 is 10.1 Å². The molecule has 1 aromatic rings. The van der Waals surface area contributed by atoms with Gasteiger partial charge >= 0.3 is 10.1 Å². The number of hydrogen-bond donors (Lipinski definition) is 0. The summed E-state index contributed by atoms with van der Waals surface area (Å²) in [5.41, 5.74) is 0. The standard InChI is InChI=1S/C10H13NO3S2/c1-3-16(12,13)14-11-9(2)15-10-7-5-4-6-8-10/h4-8H,3H2,1-2H3. The molecule has 0 aliphatic heterocycles. The Labute approximate surface area is 99.8 Å². The first-order chi connectivity index (χ1) is 7.53. The van der Waals surface area contributed by atoms with Crippen LogP contribution in [0.15, 0.2) is 40.4 Å². The number of oxime groups is 1. The molecule has 0 saturated carbocycles. The molecule has 4 nitrogen and oxygen atoms in total. The monoisotopic (exact) mass is 259 g/mol. The third-order valence-corrected chi connectivity index (χ3v) is 3.53. The van der Waals surface area contributed by atoms with E-state index in [1.54, 1.807) is 6.92 Å². The lowest BCUT2D eigenvalue weighted by Gasteiger charge is -2.00. The number of rotatable bonds is 4. The molecule has 0 N–H and O–H groups in total. The summed E-state index contributed by atoms with van der Waals surface area (Å²) >= 11 is 1.36. The summed E-state index contributed by atoms with van der Waals surface area (Å²) in [5.74, 6) is -0.0835. The van der Waals surface area contributed by atoms with Gasteiger partial charge < -0.3 is 0 Å². The van der Waals surface area contributed by atoms with Crippen LogP contribution in [-0.2, 0) is 14.4 Å². The van der Waals surface area contributed by atoms with Crippen LogP contribution < -0.4 is 0 Å². The topological polar surface area (TPSA) is 55.7 Å². The zero-order valence-electron chi connectivity index (χ0n) is 9.08. The molecule has 1 aromatic carbocycles. The smallest absolute Gasteiger partial charge is 0.268 e. The highest BCUT2D eigenvalue weighted by atomic mass is 32.2. The largest absolute Gasteiger partial charge is 0.328 e. The van der Waals surface area contributed by atoms with Crippen LogP contribution in [0.5, 0.6) is 0 Å². The Morgan fingerprint density at radius 1 is 1.38 bits per heavy atom. The molecule has 88 valence electrons. The van der Waals surface area contributed by atoms with E-state index in [0.29, 0.717) is 5.04 Å². The molecule has 0 radical (unpaired) electrons. The van der Waals surface area contributed by atoms with Crippen LogP contribution >= 0.6 is 11.8 Å². The third-order valence-electron chi connectivity index (χ3n) is 1.64. The molecule has 0 aliphatic carbocycles. The summed E-state index contributed by atoms with van der Waals surface area (Å²) in [6.07, 6.45) is 0. The van der Waals surface area contributed by atoms with Gasteiger partial charge in [0.1, 0.15) is 5.04 Å². The van der Waals surface area contributed by atoms with E-state index in [4.69, 9.17) is 0 Å². The van der Waals surface area contributed by atoms with E-state index >= 15 is 0 Å². The highest BCUT2D eigenvalue weighted by Crippen LogP contribution is 2.18. The average molecular weight is 259 g/mol. The van der Waals surface area contributed by atoms with Crippen molar-refractivity contribution in [1.29, 1.82) is 0 Å². The molecule has 16 heavy (non-hydrogen) atoms. The molecule has 1 rings (SSSR count). The van der Waals surface area contributed by atoms with Crippen LogP contribution in [0.1, 0.15) is 13.8 Å². The van der Waals surface area contributed by atoms with Gasteiger partial charge in [-0.05, 0) is 26.0 Å². The van der Waals surface area contributed by atoms with Crippen molar-refractivity contribution in [2.45, 2.75) is 18.7 Å². The first-order valence-electron chi connectivity index (χ1n) is 4.72. The molecule has 0 aliphatic rings. The molecular formula is C10H13NO3S2. The lowest BCUT2D eigenvalue weighted by atomic mass is 10.4. The lowest BCUT2D eigenvalue weighted by molar-refractivity contribution is 0.341. The van der Waals surface area contributed by atoms with Crippen LogP contribution in [0.3, 0.4) is 0 Å². The van der Waals surface area contributed by atoms with Crippen molar-refractivity contribution in [1.82, 2.24) is 0 Å². The highest BCUT2D eigenvalue weighted by molar-refractivity contribution is 8.13. The number of thioether (sulfide) groups is 1. The summed E-state index contributed by atoms with van der Waals surface area (Å²) in [5, 5.41) is 4.10. The molecule has 0 atom stereocenters. The van der Waals surface area contributed by atoms with Gasteiger partial charge in [0.15, 0.2) is 0 Å². The fraction of sp³-hybridized carbons (Fsp3) is 0.300. The fourth-order valence-corrected chi connectivity index (χ4v) is 1.93. The Bertz CT molecular complexity index is 454. The van der Waals surface area contributed by atoms with Gasteiger partial charge in [-0.25, -0.2) is 0 Å². The summed E-state index contributed by atoms with van der Waals surface area (Å²) in [7, 11) is -3.51. The van der Waals surface area contributed by atoms with E-state index in [9.17, 15) is 8.42 Å². The fourth-order valence-electron chi connectivity index (χ4n) is 0.840. The Kier molecular flexibility index (Phi) is 4.82. The van der Waals surface area contributed by atoms with Crippen molar-refractivity contribution >= 4 is 26.9 Å². The zero-order chi connectivity index (χ0) is 12.0. The third kappa shape index (κ3) is 4.67. The van der Waals surface area contributed by atoms with E-state index in [-0.39, 0.29) is 5.75 Å². The summed E-state index contributed by atoms with van der Waals surface area (Å²) in [6.45, 7) is 3.20. The van der Waals surface area contributed by atoms with Crippen LogP contribution in [0.25, 0.3) is 0 Å². The van der Waals surface area contributed by atoms with Gasteiger partial charge in [0.2, 0.25) is 0 Å².